The molecule has 5 nitrogen and oxygen atoms in total. The van der Waals surface area contributed by atoms with Crippen molar-refractivity contribution in [3.8, 4) is 5.75 Å². The van der Waals surface area contributed by atoms with Gasteiger partial charge in [0.2, 0.25) is 0 Å². The minimum atomic E-state index is -0.203. The summed E-state index contributed by atoms with van der Waals surface area (Å²) in [7, 11) is 0. The smallest absolute Gasteiger partial charge is 0.270 e. The number of nitrogens with zero attached hydrogens (tertiary/aromatic N) is 1. The van der Waals surface area contributed by atoms with Crippen molar-refractivity contribution in [1.29, 1.82) is 0 Å². The van der Waals surface area contributed by atoms with Crippen LogP contribution in [0.1, 0.15) is 28.5 Å². The third-order valence-electron chi connectivity index (χ3n) is 4.02. The van der Waals surface area contributed by atoms with Crippen LogP contribution in [0.5, 0.6) is 5.75 Å². The zero-order valence-corrected chi connectivity index (χ0v) is 15.5. The maximum Gasteiger partial charge on any atom is 0.270 e. The summed E-state index contributed by atoms with van der Waals surface area (Å²) in [6.07, 6.45) is 1.62. The summed E-state index contributed by atoms with van der Waals surface area (Å²) in [6.45, 7) is 5.10. The summed E-state index contributed by atoms with van der Waals surface area (Å²) in [5.41, 5.74) is 4.33. The molecule has 1 amide bonds. The van der Waals surface area contributed by atoms with E-state index in [1.807, 2.05) is 68.4 Å². The van der Waals surface area contributed by atoms with Crippen molar-refractivity contribution in [2.45, 2.75) is 20.4 Å². The molecule has 0 radical (unpaired) electrons. The Morgan fingerprint density at radius 3 is 2.44 bits per heavy atom. The molecule has 5 heteroatoms. The highest BCUT2D eigenvalue weighted by Crippen LogP contribution is 2.20. The average molecular weight is 361 g/mol. The number of carbonyl (C=O) groups is 1. The lowest BCUT2D eigenvalue weighted by Crippen LogP contribution is -2.23. The SMILES string of the molecule is CCOc1ccc(Nc2ccnc(C(=O)NCc3ccc(C)cc3)c2)cc1. The van der Waals surface area contributed by atoms with E-state index < -0.39 is 0 Å². The van der Waals surface area contributed by atoms with Crippen LogP contribution in [-0.2, 0) is 6.54 Å². The van der Waals surface area contributed by atoms with Crippen LogP contribution >= 0.6 is 0 Å². The first-order valence-corrected chi connectivity index (χ1v) is 8.94. The van der Waals surface area contributed by atoms with Gasteiger partial charge in [-0.05, 0) is 55.8 Å². The van der Waals surface area contributed by atoms with Gasteiger partial charge in [-0.25, -0.2) is 0 Å². The Morgan fingerprint density at radius 2 is 1.74 bits per heavy atom. The average Bonchev–Trinajstić information content (AvgIpc) is 2.69. The lowest BCUT2D eigenvalue weighted by molar-refractivity contribution is 0.0946. The molecule has 27 heavy (non-hydrogen) atoms. The Morgan fingerprint density at radius 1 is 1.00 bits per heavy atom. The Labute approximate surface area is 159 Å². The highest BCUT2D eigenvalue weighted by molar-refractivity contribution is 5.93. The number of aryl methyl sites for hydroxylation is 1. The Hall–Kier alpha value is -3.34. The Kier molecular flexibility index (Phi) is 6.05. The standard InChI is InChI=1S/C22H23N3O2/c1-3-27-20-10-8-18(9-11-20)25-19-12-13-23-21(14-19)22(26)24-15-17-6-4-16(2)5-7-17/h4-14H,3,15H2,1-2H3,(H,23,25)(H,24,26). The molecular formula is C22H23N3O2. The molecule has 0 spiro atoms. The fourth-order valence-corrected chi connectivity index (χ4v) is 2.58. The molecule has 0 aliphatic heterocycles. The monoisotopic (exact) mass is 361 g/mol. The molecular weight excluding hydrogens is 338 g/mol. The molecule has 2 aromatic carbocycles. The third-order valence-corrected chi connectivity index (χ3v) is 4.02. The third kappa shape index (κ3) is 5.31. The van der Waals surface area contributed by atoms with Gasteiger partial charge in [-0.1, -0.05) is 29.8 Å². The van der Waals surface area contributed by atoms with Crippen LogP contribution in [0.2, 0.25) is 0 Å². The van der Waals surface area contributed by atoms with Gasteiger partial charge in [0.15, 0.2) is 0 Å². The van der Waals surface area contributed by atoms with Gasteiger partial charge in [0, 0.05) is 24.1 Å². The van der Waals surface area contributed by atoms with Gasteiger partial charge in [0.05, 0.1) is 6.61 Å². The zero-order valence-electron chi connectivity index (χ0n) is 15.5. The molecule has 0 fully saturated rings. The van der Waals surface area contributed by atoms with Crippen molar-refractivity contribution < 1.29 is 9.53 Å². The van der Waals surface area contributed by atoms with Gasteiger partial charge < -0.3 is 15.4 Å². The number of ether oxygens (including phenoxy) is 1. The van der Waals surface area contributed by atoms with Crippen molar-refractivity contribution in [3.63, 3.8) is 0 Å². The predicted molar refractivity (Wildman–Crippen MR) is 107 cm³/mol. The molecule has 0 atom stereocenters. The second-order valence-corrected chi connectivity index (χ2v) is 6.18. The number of anilines is 2. The van der Waals surface area contributed by atoms with E-state index in [2.05, 4.69) is 15.6 Å². The van der Waals surface area contributed by atoms with Crippen LogP contribution in [0.15, 0.2) is 66.9 Å². The normalized spacial score (nSPS) is 10.3. The fourth-order valence-electron chi connectivity index (χ4n) is 2.58. The summed E-state index contributed by atoms with van der Waals surface area (Å²) < 4.78 is 5.44. The number of pyridine rings is 1. The first kappa shape index (κ1) is 18.5. The fraction of sp³-hybridized carbons (Fsp3) is 0.182. The summed E-state index contributed by atoms with van der Waals surface area (Å²) in [5, 5.41) is 6.17. The van der Waals surface area contributed by atoms with Gasteiger partial charge >= 0.3 is 0 Å². The molecule has 3 rings (SSSR count). The van der Waals surface area contributed by atoms with E-state index in [9.17, 15) is 4.79 Å². The predicted octanol–water partition coefficient (Wildman–Crippen LogP) is 4.46. The number of hydrogen-bond donors (Lipinski definition) is 2. The highest BCUT2D eigenvalue weighted by Gasteiger charge is 2.08. The van der Waals surface area contributed by atoms with Gasteiger partial charge in [-0.2, -0.15) is 0 Å². The summed E-state index contributed by atoms with van der Waals surface area (Å²) in [5.74, 6) is 0.625. The zero-order chi connectivity index (χ0) is 19.1. The van der Waals surface area contributed by atoms with Crippen molar-refractivity contribution in [2.75, 3.05) is 11.9 Å². The van der Waals surface area contributed by atoms with Crippen molar-refractivity contribution in [1.82, 2.24) is 10.3 Å². The Balaban J connectivity index is 1.62. The first-order chi connectivity index (χ1) is 13.1. The van der Waals surface area contributed by atoms with E-state index in [0.717, 1.165) is 22.7 Å². The molecule has 1 aromatic heterocycles. The van der Waals surface area contributed by atoms with E-state index in [4.69, 9.17) is 4.74 Å². The van der Waals surface area contributed by atoms with Crippen molar-refractivity contribution >= 4 is 17.3 Å². The van der Waals surface area contributed by atoms with Gasteiger partial charge in [-0.15, -0.1) is 0 Å². The quantitative estimate of drug-likeness (QED) is 0.652. The summed E-state index contributed by atoms with van der Waals surface area (Å²) in [4.78, 5) is 16.6. The van der Waals surface area contributed by atoms with E-state index >= 15 is 0 Å². The molecule has 1 heterocycles. The minimum absolute atomic E-state index is 0.203. The summed E-state index contributed by atoms with van der Waals surface area (Å²) in [6, 6.07) is 19.3. The maximum absolute atomic E-state index is 12.4. The molecule has 3 aromatic rings. The van der Waals surface area contributed by atoms with Gasteiger partial charge in [0.1, 0.15) is 11.4 Å². The van der Waals surface area contributed by atoms with E-state index in [0.29, 0.717) is 18.8 Å². The second kappa shape index (κ2) is 8.85. The first-order valence-electron chi connectivity index (χ1n) is 8.94. The number of aromatic nitrogens is 1. The molecule has 0 saturated carbocycles. The van der Waals surface area contributed by atoms with Crippen LogP contribution in [0.3, 0.4) is 0 Å². The number of carbonyl (C=O) groups excluding carboxylic acids is 1. The topological polar surface area (TPSA) is 63.2 Å². The Bertz CT molecular complexity index is 890. The molecule has 0 aliphatic carbocycles. The minimum Gasteiger partial charge on any atom is -0.494 e. The molecule has 0 aliphatic rings. The molecule has 0 unspecified atom stereocenters. The lowest BCUT2D eigenvalue weighted by Gasteiger charge is -2.10. The number of rotatable bonds is 7. The van der Waals surface area contributed by atoms with Crippen LogP contribution in [-0.4, -0.2) is 17.5 Å². The number of nitrogens with one attached hydrogen (secondary N) is 2. The summed E-state index contributed by atoms with van der Waals surface area (Å²) >= 11 is 0. The largest absolute Gasteiger partial charge is 0.494 e. The van der Waals surface area contributed by atoms with Crippen LogP contribution < -0.4 is 15.4 Å². The van der Waals surface area contributed by atoms with Crippen molar-refractivity contribution in [2.24, 2.45) is 0 Å². The number of hydrogen-bond acceptors (Lipinski definition) is 4. The van der Waals surface area contributed by atoms with E-state index in [-0.39, 0.29) is 5.91 Å². The second-order valence-electron chi connectivity index (χ2n) is 6.18. The lowest BCUT2D eigenvalue weighted by atomic mass is 10.1. The molecule has 0 bridgehead atoms. The van der Waals surface area contributed by atoms with E-state index in [1.54, 1.807) is 12.3 Å². The van der Waals surface area contributed by atoms with Crippen LogP contribution in [0.4, 0.5) is 11.4 Å². The molecule has 138 valence electrons. The van der Waals surface area contributed by atoms with Gasteiger partial charge in [-0.3, -0.25) is 9.78 Å². The van der Waals surface area contributed by atoms with Crippen LogP contribution in [0, 0.1) is 6.92 Å². The number of benzene rings is 2. The van der Waals surface area contributed by atoms with E-state index in [1.165, 1.54) is 5.56 Å². The molecule has 2 N–H and O–H groups in total. The highest BCUT2D eigenvalue weighted by atomic mass is 16.5. The number of amides is 1. The molecule has 0 saturated heterocycles. The van der Waals surface area contributed by atoms with Crippen LogP contribution in [0.25, 0.3) is 0 Å². The van der Waals surface area contributed by atoms with Crippen molar-refractivity contribution in [3.05, 3.63) is 83.7 Å². The maximum atomic E-state index is 12.4. The van der Waals surface area contributed by atoms with Gasteiger partial charge in [0.25, 0.3) is 5.91 Å².